The van der Waals surface area contributed by atoms with Gasteiger partial charge >= 0.3 is 0 Å². The summed E-state index contributed by atoms with van der Waals surface area (Å²) in [4.78, 5) is 0. The van der Waals surface area contributed by atoms with Crippen molar-refractivity contribution in [2.45, 2.75) is 52.6 Å². The molecule has 2 N–H and O–H groups in total. The van der Waals surface area contributed by atoms with Crippen LogP contribution in [0.15, 0.2) is 6.07 Å². The monoisotopic (exact) mass is 195 g/mol. The topological polar surface area (TPSA) is 43.8 Å². The first-order valence-electron chi connectivity index (χ1n) is 5.12. The van der Waals surface area contributed by atoms with Crippen molar-refractivity contribution in [3.8, 4) is 0 Å². The lowest BCUT2D eigenvalue weighted by atomic mass is 10.1. The second-order valence-corrected chi connectivity index (χ2v) is 5.04. The van der Waals surface area contributed by atoms with E-state index in [-0.39, 0.29) is 11.6 Å². The lowest BCUT2D eigenvalue weighted by Crippen LogP contribution is -2.25. The van der Waals surface area contributed by atoms with E-state index in [2.05, 4.69) is 43.5 Å². The number of nitrogens with zero attached hydrogens (tertiary/aromatic N) is 2. The van der Waals surface area contributed by atoms with Crippen LogP contribution in [-0.2, 0) is 12.0 Å². The van der Waals surface area contributed by atoms with E-state index >= 15 is 0 Å². The molecule has 0 saturated carbocycles. The standard InChI is InChI=1S/C11H21N3/c1-8(12)6-10-7-9(2)14(13-10)11(3,4)5/h7-8H,6,12H2,1-5H3. The van der Waals surface area contributed by atoms with Crippen LogP contribution >= 0.6 is 0 Å². The van der Waals surface area contributed by atoms with Crippen molar-refractivity contribution in [3.05, 3.63) is 17.5 Å². The molecular formula is C11H21N3. The Kier molecular flexibility index (Phi) is 3.00. The first-order chi connectivity index (χ1) is 6.30. The van der Waals surface area contributed by atoms with Gasteiger partial charge in [-0.3, -0.25) is 4.68 Å². The Morgan fingerprint density at radius 1 is 1.50 bits per heavy atom. The van der Waals surface area contributed by atoms with Crippen LogP contribution in [0.3, 0.4) is 0 Å². The Morgan fingerprint density at radius 3 is 2.43 bits per heavy atom. The third kappa shape index (κ3) is 2.58. The van der Waals surface area contributed by atoms with Gasteiger partial charge < -0.3 is 5.73 Å². The van der Waals surface area contributed by atoms with E-state index in [0.29, 0.717) is 0 Å². The van der Waals surface area contributed by atoms with Crippen molar-refractivity contribution in [2.75, 3.05) is 0 Å². The number of hydrogen-bond donors (Lipinski definition) is 1. The Balaban J connectivity index is 2.94. The molecule has 3 nitrogen and oxygen atoms in total. The van der Waals surface area contributed by atoms with Crippen LogP contribution in [0.2, 0.25) is 0 Å². The van der Waals surface area contributed by atoms with Crippen LogP contribution in [0.25, 0.3) is 0 Å². The zero-order chi connectivity index (χ0) is 10.9. The second kappa shape index (κ2) is 3.73. The van der Waals surface area contributed by atoms with E-state index in [1.807, 2.05) is 6.92 Å². The largest absolute Gasteiger partial charge is 0.328 e. The predicted octanol–water partition coefficient (Wildman–Crippen LogP) is 1.84. The molecule has 1 atom stereocenters. The fourth-order valence-corrected chi connectivity index (χ4v) is 1.65. The van der Waals surface area contributed by atoms with Crippen molar-refractivity contribution in [1.29, 1.82) is 0 Å². The minimum atomic E-state index is 0.0557. The summed E-state index contributed by atoms with van der Waals surface area (Å²) in [7, 11) is 0. The zero-order valence-electron chi connectivity index (χ0n) is 9.83. The fourth-order valence-electron chi connectivity index (χ4n) is 1.65. The van der Waals surface area contributed by atoms with E-state index in [0.717, 1.165) is 12.1 Å². The van der Waals surface area contributed by atoms with E-state index in [9.17, 15) is 0 Å². The highest BCUT2D eigenvalue weighted by Gasteiger charge is 2.17. The van der Waals surface area contributed by atoms with E-state index in [1.54, 1.807) is 0 Å². The van der Waals surface area contributed by atoms with Gasteiger partial charge in [-0.05, 0) is 40.7 Å². The van der Waals surface area contributed by atoms with Gasteiger partial charge in [0.05, 0.1) is 11.2 Å². The Bertz CT molecular complexity index is 305. The first-order valence-corrected chi connectivity index (χ1v) is 5.12. The first kappa shape index (κ1) is 11.2. The highest BCUT2D eigenvalue weighted by atomic mass is 15.3. The van der Waals surface area contributed by atoms with Crippen molar-refractivity contribution in [3.63, 3.8) is 0 Å². The van der Waals surface area contributed by atoms with Gasteiger partial charge in [0.15, 0.2) is 0 Å². The molecule has 14 heavy (non-hydrogen) atoms. The molecule has 1 aromatic rings. The fraction of sp³-hybridized carbons (Fsp3) is 0.727. The number of aryl methyl sites for hydroxylation is 1. The SMILES string of the molecule is Cc1cc(CC(C)N)nn1C(C)(C)C. The average molecular weight is 195 g/mol. The third-order valence-electron chi connectivity index (χ3n) is 2.10. The van der Waals surface area contributed by atoms with Gasteiger partial charge in [-0.2, -0.15) is 5.10 Å². The maximum absolute atomic E-state index is 5.74. The molecule has 0 radical (unpaired) electrons. The molecule has 1 rings (SSSR count). The average Bonchev–Trinajstić information content (AvgIpc) is 2.27. The van der Waals surface area contributed by atoms with Gasteiger partial charge in [0.25, 0.3) is 0 Å². The molecular weight excluding hydrogens is 174 g/mol. The summed E-state index contributed by atoms with van der Waals surface area (Å²) in [6.45, 7) is 10.6. The number of hydrogen-bond acceptors (Lipinski definition) is 2. The third-order valence-corrected chi connectivity index (χ3v) is 2.10. The maximum Gasteiger partial charge on any atom is 0.0642 e. The van der Waals surface area contributed by atoms with Gasteiger partial charge in [0.1, 0.15) is 0 Å². The molecule has 0 fully saturated rings. The van der Waals surface area contributed by atoms with Crippen LogP contribution in [0.4, 0.5) is 0 Å². The van der Waals surface area contributed by atoms with Crippen LogP contribution in [0.5, 0.6) is 0 Å². The predicted molar refractivity (Wildman–Crippen MR) is 59.3 cm³/mol. The molecule has 1 heterocycles. The molecule has 80 valence electrons. The minimum absolute atomic E-state index is 0.0557. The maximum atomic E-state index is 5.74. The Labute approximate surface area is 86.3 Å². The molecule has 0 spiro atoms. The van der Waals surface area contributed by atoms with Gasteiger partial charge in [0, 0.05) is 18.2 Å². The molecule has 0 aromatic carbocycles. The van der Waals surface area contributed by atoms with Crippen LogP contribution < -0.4 is 5.73 Å². The quantitative estimate of drug-likeness (QED) is 0.782. The smallest absolute Gasteiger partial charge is 0.0642 e. The lowest BCUT2D eigenvalue weighted by molar-refractivity contribution is 0.345. The number of rotatable bonds is 2. The molecule has 0 aliphatic carbocycles. The summed E-state index contributed by atoms with van der Waals surface area (Å²) in [6, 6.07) is 2.30. The second-order valence-electron chi connectivity index (χ2n) is 5.04. The van der Waals surface area contributed by atoms with Gasteiger partial charge in [-0.25, -0.2) is 0 Å². The van der Waals surface area contributed by atoms with Crippen LogP contribution in [0.1, 0.15) is 39.1 Å². The van der Waals surface area contributed by atoms with Gasteiger partial charge in [-0.1, -0.05) is 0 Å². The Morgan fingerprint density at radius 2 is 2.07 bits per heavy atom. The summed E-state index contributed by atoms with van der Waals surface area (Å²) < 4.78 is 2.06. The molecule has 0 saturated heterocycles. The van der Waals surface area contributed by atoms with Gasteiger partial charge in [0.2, 0.25) is 0 Å². The molecule has 1 aromatic heterocycles. The summed E-state index contributed by atoms with van der Waals surface area (Å²) in [6.07, 6.45) is 0.851. The highest BCUT2D eigenvalue weighted by Crippen LogP contribution is 2.17. The van der Waals surface area contributed by atoms with E-state index < -0.39 is 0 Å². The minimum Gasteiger partial charge on any atom is -0.328 e. The molecule has 3 heteroatoms. The molecule has 0 bridgehead atoms. The van der Waals surface area contributed by atoms with Crippen molar-refractivity contribution in [1.82, 2.24) is 9.78 Å². The lowest BCUT2D eigenvalue weighted by Gasteiger charge is -2.21. The number of nitrogens with two attached hydrogens (primary N) is 1. The van der Waals surface area contributed by atoms with Crippen molar-refractivity contribution >= 4 is 0 Å². The van der Waals surface area contributed by atoms with Crippen molar-refractivity contribution < 1.29 is 0 Å². The highest BCUT2D eigenvalue weighted by molar-refractivity contribution is 5.11. The van der Waals surface area contributed by atoms with E-state index in [4.69, 9.17) is 5.73 Å². The molecule has 1 unspecified atom stereocenters. The summed E-state index contributed by atoms with van der Waals surface area (Å²) in [5, 5.41) is 4.56. The Hall–Kier alpha value is -0.830. The molecule has 0 amide bonds. The van der Waals surface area contributed by atoms with Crippen LogP contribution in [-0.4, -0.2) is 15.8 Å². The van der Waals surface area contributed by atoms with Crippen molar-refractivity contribution in [2.24, 2.45) is 5.73 Å². The molecule has 0 aliphatic heterocycles. The van der Waals surface area contributed by atoms with Crippen LogP contribution in [0, 0.1) is 6.92 Å². The van der Waals surface area contributed by atoms with E-state index in [1.165, 1.54) is 5.69 Å². The summed E-state index contributed by atoms with van der Waals surface area (Å²) in [5.41, 5.74) is 8.09. The number of aromatic nitrogens is 2. The normalized spacial score (nSPS) is 14.4. The van der Waals surface area contributed by atoms with Gasteiger partial charge in [-0.15, -0.1) is 0 Å². The summed E-state index contributed by atoms with van der Waals surface area (Å²) in [5.74, 6) is 0. The molecule has 0 aliphatic rings. The zero-order valence-corrected chi connectivity index (χ0v) is 9.83. The summed E-state index contributed by atoms with van der Waals surface area (Å²) >= 11 is 0.